The van der Waals surface area contributed by atoms with Crippen LogP contribution >= 0.6 is 7.60 Å². The van der Waals surface area contributed by atoms with Crippen LogP contribution in [0.1, 0.15) is 0 Å². The van der Waals surface area contributed by atoms with Gasteiger partial charge in [0.15, 0.2) is 0 Å². The van der Waals surface area contributed by atoms with Gasteiger partial charge in [-0.05, 0) is 42.5 Å². The predicted octanol–water partition coefficient (Wildman–Crippen LogP) is 5.24. The number of ether oxygens (including phenoxy) is 1. The number of para-hydroxylation sites is 2. The van der Waals surface area contributed by atoms with E-state index in [0.717, 1.165) is 0 Å². The monoisotopic (exact) mass is 422 g/mol. The second-order valence-corrected chi connectivity index (χ2v) is 8.32. The van der Waals surface area contributed by atoms with E-state index in [2.05, 4.69) is 0 Å². The van der Waals surface area contributed by atoms with Gasteiger partial charge < -0.3 is 24.0 Å². The van der Waals surface area contributed by atoms with Crippen molar-refractivity contribution in [2.75, 3.05) is 7.11 Å². The molecule has 0 radical (unpaired) electrons. The molecule has 7 heteroatoms. The van der Waals surface area contributed by atoms with Crippen molar-refractivity contribution < 1.29 is 28.6 Å². The molecule has 0 aliphatic heterocycles. The first kappa shape index (κ1) is 19.7. The van der Waals surface area contributed by atoms with Gasteiger partial charge in [0, 0.05) is 16.8 Å². The van der Waals surface area contributed by atoms with Crippen LogP contribution in [0, 0.1) is 0 Å². The normalized spacial score (nSPS) is 11.2. The molecule has 0 amide bonds. The van der Waals surface area contributed by atoms with Gasteiger partial charge in [0.1, 0.15) is 34.1 Å². The van der Waals surface area contributed by atoms with Crippen LogP contribution in [-0.2, 0) is 4.57 Å². The summed E-state index contributed by atoms with van der Waals surface area (Å²) >= 11 is 0. The maximum Gasteiger partial charge on any atom is 0.466 e. The first-order valence-electron chi connectivity index (χ1n) is 9.13. The van der Waals surface area contributed by atoms with Crippen molar-refractivity contribution in [3.05, 3.63) is 84.9 Å². The molecular formula is C23H19O6P. The lowest BCUT2D eigenvalue weighted by Crippen LogP contribution is -2.15. The van der Waals surface area contributed by atoms with Gasteiger partial charge in [-0.1, -0.05) is 36.4 Å². The number of phenols is 2. The lowest BCUT2D eigenvalue weighted by molar-refractivity contribution is 0.396. The van der Waals surface area contributed by atoms with E-state index >= 15 is 0 Å². The molecule has 0 heterocycles. The molecule has 2 N–H and O–H groups in total. The molecule has 0 aromatic heterocycles. The van der Waals surface area contributed by atoms with Crippen LogP contribution in [0.15, 0.2) is 84.9 Å². The molecule has 4 aromatic rings. The highest BCUT2D eigenvalue weighted by atomic mass is 31.2. The van der Waals surface area contributed by atoms with Crippen molar-refractivity contribution in [3.63, 3.8) is 0 Å². The van der Waals surface area contributed by atoms with Gasteiger partial charge in [-0.2, -0.15) is 0 Å². The summed E-state index contributed by atoms with van der Waals surface area (Å²) in [5, 5.41) is 22.0. The molecule has 0 spiro atoms. The average molecular weight is 422 g/mol. The summed E-state index contributed by atoms with van der Waals surface area (Å²) < 4.78 is 30.6. The maximum absolute atomic E-state index is 14.0. The van der Waals surface area contributed by atoms with Crippen molar-refractivity contribution in [1.82, 2.24) is 0 Å². The third-order valence-electron chi connectivity index (χ3n) is 4.51. The van der Waals surface area contributed by atoms with E-state index < -0.39 is 7.60 Å². The highest BCUT2D eigenvalue weighted by Gasteiger charge is 2.36. The van der Waals surface area contributed by atoms with E-state index in [1.54, 1.807) is 78.9 Å². The molecule has 4 aromatic carbocycles. The zero-order chi connectivity index (χ0) is 21.1. The van der Waals surface area contributed by atoms with Crippen LogP contribution in [0.2, 0.25) is 0 Å². The van der Waals surface area contributed by atoms with E-state index in [0.29, 0.717) is 28.0 Å². The summed E-state index contributed by atoms with van der Waals surface area (Å²) in [6.45, 7) is 0. The quantitative estimate of drug-likeness (QED) is 0.327. The molecule has 0 saturated heterocycles. The van der Waals surface area contributed by atoms with Gasteiger partial charge in [-0.3, -0.25) is 0 Å². The van der Waals surface area contributed by atoms with Crippen molar-refractivity contribution in [2.24, 2.45) is 0 Å². The number of rotatable bonds is 6. The molecule has 0 atom stereocenters. The van der Waals surface area contributed by atoms with E-state index in [1.807, 2.05) is 0 Å². The molecule has 0 fully saturated rings. The molecule has 152 valence electrons. The molecule has 0 unspecified atom stereocenters. The Morgan fingerprint density at radius 2 is 1.27 bits per heavy atom. The van der Waals surface area contributed by atoms with Crippen LogP contribution < -0.4 is 19.1 Å². The zero-order valence-electron chi connectivity index (χ0n) is 16.1. The third-order valence-corrected chi connectivity index (χ3v) is 6.34. The molecule has 4 rings (SSSR count). The third kappa shape index (κ3) is 3.78. The summed E-state index contributed by atoms with van der Waals surface area (Å²) in [4.78, 5) is 0. The van der Waals surface area contributed by atoms with Gasteiger partial charge in [-0.15, -0.1) is 0 Å². The Morgan fingerprint density at radius 3 is 1.80 bits per heavy atom. The smallest absolute Gasteiger partial charge is 0.466 e. The van der Waals surface area contributed by atoms with E-state index in [4.69, 9.17) is 13.8 Å². The number of hydrogen-bond acceptors (Lipinski definition) is 6. The second kappa shape index (κ2) is 8.01. The standard InChI is InChI=1S/C23H19O6P/c1-27-18-12-13-19-20(14-18)21(24)15-22(23(19)25)30(26,28-16-8-4-2-5-9-16)29-17-10-6-3-7-11-17/h2-15,24-25H,1H3. The van der Waals surface area contributed by atoms with Crippen molar-refractivity contribution >= 4 is 23.7 Å². The molecule has 0 bridgehead atoms. The Balaban J connectivity index is 1.89. The van der Waals surface area contributed by atoms with E-state index in [1.165, 1.54) is 13.2 Å². The van der Waals surface area contributed by atoms with Crippen LogP contribution in [0.4, 0.5) is 0 Å². The Hall–Kier alpha value is -3.63. The molecular weight excluding hydrogens is 403 g/mol. The zero-order valence-corrected chi connectivity index (χ0v) is 17.0. The van der Waals surface area contributed by atoms with Gasteiger partial charge in [0.2, 0.25) is 0 Å². The Bertz CT molecular complexity index is 1180. The van der Waals surface area contributed by atoms with Crippen LogP contribution in [-0.4, -0.2) is 17.3 Å². The van der Waals surface area contributed by atoms with Gasteiger partial charge in [-0.25, -0.2) is 4.57 Å². The average Bonchev–Trinajstić information content (AvgIpc) is 2.77. The minimum atomic E-state index is -4.14. The summed E-state index contributed by atoms with van der Waals surface area (Å²) in [7, 11) is -2.64. The van der Waals surface area contributed by atoms with Crippen LogP contribution in [0.5, 0.6) is 28.7 Å². The van der Waals surface area contributed by atoms with E-state index in [-0.39, 0.29) is 16.8 Å². The number of phenolic OH excluding ortho intramolecular Hbond substituents is 2. The first-order valence-corrected chi connectivity index (χ1v) is 10.7. The highest BCUT2D eigenvalue weighted by Crippen LogP contribution is 2.51. The van der Waals surface area contributed by atoms with Gasteiger partial charge in [0.25, 0.3) is 0 Å². The van der Waals surface area contributed by atoms with Crippen LogP contribution in [0.25, 0.3) is 10.8 Å². The predicted molar refractivity (Wildman–Crippen MR) is 115 cm³/mol. The summed E-state index contributed by atoms with van der Waals surface area (Å²) in [6, 6.07) is 23.0. The van der Waals surface area contributed by atoms with Crippen molar-refractivity contribution in [1.29, 1.82) is 0 Å². The van der Waals surface area contributed by atoms with Crippen molar-refractivity contribution in [3.8, 4) is 28.7 Å². The number of methoxy groups -OCH3 is 1. The second-order valence-electron chi connectivity index (χ2n) is 6.48. The Labute approximate surface area is 173 Å². The molecule has 6 nitrogen and oxygen atoms in total. The lowest BCUT2D eigenvalue weighted by atomic mass is 10.1. The lowest BCUT2D eigenvalue weighted by Gasteiger charge is -2.22. The molecule has 0 saturated carbocycles. The first-order chi connectivity index (χ1) is 14.5. The number of aromatic hydroxyl groups is 2. The fraction of sp³-hybridized carbons (Fsp3) is 0.0435. The largest absolute Gasteiger partial charge is 0.507 e. The van der Waals surface area contributed by atoms with Gasteiger partial charge >= 0.3 is 7.60 Å². The summed E-state index contributed by atoms with van der Waals surface area (Å²) in [6.07, 6.45) is 0. The van der Waals surface area contributed by atoms with Crippen molar-refractivity contribution in [2.45, 2.75) is 0 Å². The molecule has 0 aliphatic carbocycles. The molecule has 30 heavy (non-hydrogen) atoms. The van der Waals surface area contributed by atoms with E-state index in [9.17, 15) is 14.8 Å². The number of benzene rings is 4. The summed E-state index contributed by atoms with van der Waals surface area (Å²) in [5.41, 5.74) is 0. The maximum atomic E-state index is 14.0. The van der Waals surface area contributed by atoms with Gasteiger partial charge in [0.05, 0.1) is 7.11 Å². The molecule has 0 aliphatic rings. The number of fused-ring (bicyclic) bond motifs is 1. The fourth-order valence-corrected chi connectivity index (χ4v) is 4.74. The SMILES string of the molecule is COc1ccc2c(O)c(P(=O)(Oc3ccccc3)Oc3ccccc3)cc(O)c2c1. The minimum Gasteiger partial charge on any atom is -0.507 e. The number of hydrogen-bond donors (Lipinski definition) is 2. The minimum absolute atomic E-state index is 0.148. The topological polar surface area (TPSA) is 85.2 Å². The Kier molecular flexibility index (Phi) is 5.25. The Morgan fingerprint density at radius 1 is 0.700 bits per heavy atom. The van der Waals surface area contributed by atoms with Crippen LogP contribution in [0.3, 0.4) is 0 Å². The highest BCUT2D eigenvalue weighted by molar-refractivity contribution is 7.63. The fourth-order valence-electron chi connectivity index (χ4n) is 3.05. The summed E-state index contributed by atoms with van der Waals surface area (Å²) in [5.74, 6) is 0.607.